The molecule has 21 heavy (non-hydrogen) atoms. The number of hydrogen-bond donors (Lipinski definition) is 1. The molecule has 1 heterocycles. The van der Waals surface area contributed by atoms with Crippen molar-refractivity contribution < 1.29 is 4.74 Å². The summed E-state index contributed by atoms with van der Waals surface area (Å²) in [6, 6.07) is 17.4. The molecule has 1 aliphatic heterocycles. The number of para-hydroxylation sites is 1. The maximum Gasteiger partial charge on any atom is 0.131 e. The second-order valence-electron chi connectivity index (χ2n) is 5.81. The quantitative estimate of drug-likeness (QED) is 0.895. The van der Waals surface area contributed by atoms with Crippen molar-refractivity contribution in [2.45, 2.75) is 26.3 Å². The van der Waals surface area contributed by atoms with Crippen molar-refractivity contribution in [2.24, 2.45) is 5.92 Å². The fourth-order valence-corrected chi connectivity index (χ4v) is 3.03. The van der Waals surface area contributed by atoms with Crippen LogP contribution in [0.15, 0.2) is 48.5 Å². The van der Waals surface area contributed by atoms with Gasteiger partial charge in [-0.15, -0.1) is 0 Å². The summed E-state index contributed by atoms with van der Waals surface area (Å²) in [6.45, 7) is 6.28. The fourth-order valence-electron chi connectivity index (χ4n) is 3.03. The van der Waals surface area contributed by atoms with Crippen LogP contribution in [0.1, 0.15) is 31.9 Å². The molecule has 110 valence electrons. The maximum atomic E-state index is 6.09. The van der Waals surface area contributed by atoms with Gasteiger partial charge < -0.3 is 10.1 Å². The molecule has 2 aromatic rings. The van der Waals surface area contributed by atoms with Crippen LogP contribution in [0.4, 0.5) is 0 Å². The highest BCUT2D eigenvalue weighted by Gasteiger charge is 2.29. The topological polar surface area (TPSA) is 21.3 Å². The maximum absolute atomic E-state index is 6.09. The molecular formula is C19H23NO. The Kier molecular flexibility index (Phi) is 4.26. The molecule has 0 saturated heterocycles. The van der Waals surface area contributed by atoms with Crippen molar-refractivity contribution in [3.63, 3.8) is 0 Å². The van der Waals surface area contributed by atoms with Gasteiger partial charge in [-0.25, -0.2) is 0 Å². The molecule has 3 rings (SSSR count). The Balaban J connectivity index is 2.02. The van der Waals surface area contributed by atoms with Crippen LogP contribution in [0.2, 0.25) is 0 Å². The van der Waals surface area contributed by atoms with Crippen molar-refractivity contribution in [1.29, 1.82) is 0 Å². The van der Waals surface area contributed by atoms with Gasteiger partial charge in [0.25, 0.3) is 0 Å². The van der Waals surface area contributed by atoms with Gasteiger partial charge in [-0.3, -0.25) is 0 Å². The molecule has 0 fully saturated rings. The van der Waals surface area contributed by atoms with E-state index >= 15 is 0 Å². The van der Waals surface area contributed by atoms with Gasteiger partial charge in [-0.1, -0.05) is 62.4 Å². The number of benzene rings is 2. The third-order valence-electron chi connectivity index (χ3n) is 4.14. The van der Waals surface area contributed by atoms with E-state index in [0.717, 1.165) is 25.3 Å². The molecule has 0 aromatic heterocycles. The second kappa shape index (κ2) is 6.31. The van der Waals surface area contributed by atoms with Gasteiger partial charge in [0.2, 0.25) is 0 Å². The number of rotatable bonds is 4. The monoisotopic (exact) mass is 281 g/mol. The van der Waals surface area contributed by atoms with E-state index in [1.165, 1.54) is 16.7 Å². The van der Waals surface area contributed by atoms with E-state index in [9.17, 15) is 0 Å². The molecule has 0 radical (unpaired) electrons. The Morgan fingerprint density at radius 1 is 1.10 bits per heavy atom. The van der Waals surface area contributed by atoms with Crippen molar-refractivity contribution in [1.82, 2.24) is 5.32 Å². The van der Waals surface area contributed by atoms with Crippen LogP contribution in [0, 0.1) is 5.92 Å². The number of nitrogens with one attached hydrogen (secondary N) is 1. The van der Waals surface area contributed by atoms with E-state index in [1.807, 2.05) is 6.07 Å². The Morgan fingerprint density at radius 2 is 1.90 bits per heavy atom. The molecule has 0 bridgehead atoms. The van der Waals surface area contributed by atoms with Gasteiger partial charge in [-0.2, -0.15) is 0 Å². The van der Waals surface area contributed by atoms with Gasteiger partial charge in [0.1, 0.15) is 5.75 Å². The standard InChI is InChI=1S/C19H23NO/c1-3-12-20-18-14(2)13-21-19-16(10-7-11-17(18)19)15-8-5-4-6-9-15/h4-11,14,18,20H,3,12-13H2,1-2H3. The molecular weight excluding hydrogens is 258 g/mol. The van der Waals surface area contributed by atoms with Crippen LogP contribution in [0.5, 0.6) is 5.75 Å². The van der Waals surface area contributed by atoms with E-state index in [0.29, 0.717) is 12.0 Å². The van der Waals surface area contributed by atoms with Crippen molar-refractivity contribution in [3.05, 3.63) is 54.1 Å². The van der Waals surface area contributed by atoms with Gasteiger partial charge >= 0.3 is 0 Å². The highest BCUT2D eigenvalue weighted by Crippen LogP contribution is 2.41. The van der Waals surface area contributed by atoms with Crippen LogP contribution in [0.25, 0.3) is 11.1 Å². The largest absolute Gasteiger partial charge is 0.492 e. The van der Waals surface area contributed by atoms with E-state index in [1.54, 1.807) is 0 Å². The SMILES string of the molecule is CCCNC1c2cccc(-c3ccccc3)c2OCC1C. The van der Waals surface area contributed by atoms with Crippen molar-refractivity contribution >= 4 is 0 Å². The lowest BCUT2D eigenvalue weighted by Gasteiger charge is -2.33. The first kappa shape index (κ1) is 14.2. The smallest absolute Gasteiger partial charge is 0.131 e. The lowest BCUT2D eigenvalue weighted by molar-refractivity contribution is 0.190. The summed E-state index contributed by atoms with van der Waals surface area (Å²) < 4.78 is 6.09. The van der Waals surface area contributed by atoms with Gasteiger partial charge in [-0.05, 0) is 18.5 Å². The molecule has 0 amide bonds. The molecule has 2 nitrogen and oxygen atoms in total. The Bertz CT molecular complexity index is 594. The predicted molar refractivity (Wildman–Crippen MR) is 87.6 cm³/mol. The number of hydrogen-bond acceptors (Lipinski definition) is 2. The molecule has 2 unspecified atom stereocenters. The molecule has 0 saturated carbocycles. The van der Waals surface area contributed by atoms with Crippen LogP contribution in [-0.2, 0) is 0 Å². The minimum absolute atomic E-state index is 0.386. The first-order chi connectivity index (χ1) is 10.3. The minimum Gasteiger partial charge on any atom is -0.492 e. The summed E-state index contributed by atoms with van der Waals surface area (Å²) >= 11 is 0. The minimum atomic E-state index is 0.386. The van der Waals surface area contributed by atoms with Crippen molar-refractivity contribution in [3.8, 4) is 16.9 Å². The third kappa shape index (κ3) is 2.81. The molecule has 2 atom stereocenters. The van der Waals surface area contributed by atoms with Crippen LogP contribution >= 0.6 is 0 Å². The molecule has 1 aliphatic rings. The van der Waals surface area contributed by atoms with Crippen LogP contribution in [0.3, 0.4) is 0 Å². The molecule has 0 spiro atoms. The van der Waals surface area contributed by atoms with Crippen LogP contribution in [-0.4, -0.2) is 13.2 Å². The summed E-state index contributed by atoms with van der Waals surface area (Å²) in [5.74, 6) is 1.55. The first-order valence-electron chi connectivity index (χ1n) is 7.85. The Labute approximate surface area is 127 Å². The normalized spacial score (nSPS) is 20.7. The van der Waals surface area contributed by atoms with E-state index in [2.05, 4.69) is 61.6 Å². The van der Waals surface area contributed by atoms with E-state index < -0.39 is 0 Å². The average molecular weight is 281 g/mol. The summed E-state index contributed by atoms with van der Waals surface area (Å²) in [6.07, 6.45) is 1.15. The zero-order valence-electron chi connectivity index (χ0n) is 12.8. The van der Waals surface area contributed by atoms with Gasteiger partial charge in [0, 0.05) is 23.1 Å². The first-order valence-corrected chi connectivity index (χ1v) is 7.85. The molecule has 1 N–H and O–H groups in total. The Hall–Kier alpha value is -1.80. The average Bonchev–Trinajstić information content (AvgIpc) is 2.54. The third-order valence-corrected chi connectivity index (χ3v) is 4.14. The number of fused-ring (bicyclic) bond motifs is 1. The van der Waals surface area contributed by atoms with Crippen molar-refractivity contribution in [2.75, 3.05) is 13.2 Å². The summed E-state index contributed by atoms with van der Waals surface area (Å²) in [5.41, 5.74) is 3.71. The highest BCUT2D eigenvalue weighted by molar-refractivity contribution is 5.72. The van der Waals surface area contributed by atoms with E-state index in [-0.39, 0.29) is 0 Å². The summed E-state index contributed by atoms with van der Waals surface area (Å²) in [4.78, 5) is 0. The van der Waals surface area contributed by atoms with Gasteiger partial charge in [0.15, 0.2) is 0 Å². The highest BCUT2D eigenvalue weighted by atomic mass is 16.5. The number of ether oxygens (including phenoxy) is 1. The Morgan fingerprint density at radius 3 is 2.67 bits per heavy atom. The molecule has 0 aliphatic carbocycles. The molecule has 2 aromatic carbocycles. The lowest BCUT2D eigenvalue weighted by atomic mass is 9.89. The predicted octanol–water partition coefficient (Wildman–Crippen LogP) is 4.42. The lowest BCUT2D eigenvalue weighted by Crippen LogP contribution is -2.34. The zero-order valence-corrected chi connectivity index (χ0v) is 12.8. The van der Waals surface area contributed by atoms with Crippen LogP contribution < -0.4 is 10.1 Å². The zero-order chi connectivity index (χ0) is 14.7. The molecule has 2 heteroatoms. The van der Waals surface area contributed by atoms with Gasteiger partial charge in [0.05, 0.1) is 6.61 Å². The second-order valence-corrected chi connectivity index (χ2v) is 5.81. The fraction of sp³-hybridized carbons (Fsp3) is 0.368. The van der Waals surface area contributed by atoms with E-state index in [4.69, 9.17) is 4.74 Å². The summed E-state index contributed by atoms with van der Waals surface area (Å²) in [7, 11) is 0. The summed E-state index contributed by atoms with van der Waals surface area (Å²) in [5, 5.41) is 3.68.